The summed E-state index contributed by atoms with van der Waals surface area (Å²) in [6, 6.07) is 17.2. The Hall–Kier alpha value is -2.84. The third-order valence-electron chi connectivity index (χ3n) is 4.76. The number of hydrogen-bond donors (Lipinski definition) is 1. The number of carbonyl (C=O) groups is 1. The highest BCUT2D eigenvalue weighted by molar-refractivity contribution is 7.89. The van der Waals surface area contributed by atoms with E-state index in [1.807, 2.05) is 42.5 Å². The Morgan fingerprint density at radius 2 is 1.87 bits per heavy atom. The molecule has 2 aromatic carbocycles. The highest BCUT2D eigenvalue weighted by Crippen LogP contribution is 2.21. The van der Waals surface area contributed by atoms with Crippen LogP contribution in [0, 0.1) is 0 Å². The number of carbonyl (C=O) groups excluding carboxylic acids is 1. The van der Waals surface area contributed by atoms with Crippen LogP contribution in [0.2, 0.25) is 0 Å². The first kappa shape index (κ1) is 21.9. The predicted octanol–water partition coefficient (Wildman–Crippen LogP) is 3.41. The Labute approximate surface area is 176 Å². The molecule has 1 amide bonds. The van der Waals surface area contributed by atoms with E-state index < -0.39 is 10.0 Å². The van der Waals surface area contributed by atoms with Crippen LogP contribution in [0.4, 0.5) is 0 Å². The molecule has 0 fully saturated rings. The first-order chi connectivity index (χ1) is 14.4. The summed E-state index contributed by atoms with van der Waals surface area (Å²) in [5.41, 5.74) is 0. The number of fused-ring (bicyclic) bond motifs is 1. The van der Waals surface area contributed by atoms with Gasteiger partial charge < -0.3 is 14.5 Å². The summed E-state index contributed by atoms with van der Waals surface area (Å²) in [5, 5.41) is 4.96. The first-order valence-corrected chi connectivity index (χ1v) is 11.4. The molecule has 3 aromatic rings. The maximum Gasteiger partial charge on any atom is 0.286 e. The minimum atomic E-state index is -3.20. The maximum absolute atomic E-state index is 12.2. The SMILES string of the molecule is CCS(=O)(=O)N(C)CCCNC(=O)c1ccc(COc2ccc3ccccc3c2)o1. The Morgan fingerprint density at radius 3 is 2.63 bits per heavy atom. The molecule has 0 saturated carbocycles. The van der Waals surface area contributed by atoms with Crippen LogP contribution in [0.25, 0.3) is 10.8 Å². The van der Waals surface area contributed by atoms with E-state index in [9.17, 15) is 13.2 Å². The van der Waals surface area contributed by atoms with E-state index in [1.54, 1.807) is 19.1 Å². The molecule has 0 saturated heterocycles. The molecule has 3 rings (SSSR count). The van der Waals surface area contributed by atoms with Gasteiger partial charge in [-0.05, 0) is 48.4 Å². The zero-order valence-corrected chi connectivity index (χ0v) is 17.9. The van der Waals surface area contributed by atoms with E-state index in [-0.39, 0.29) is 24.0 Å². The summed E-state index contributed by atoms with van der Waals surface area (Å²) in [6.45, 7) is 2.52. The third-order valence-corrected chi connectivity index (χ3v) is 6.62. The van der Waals surface area contributed by atoms with Gasteiger partial charge >= 0.3 is 0 Å². The number of nitrogens with one attached hydrogen (secondary N) is 1. The molecule has 0 bridgehead atoms. The van der Waals surface area contributed by atoms with Crippen molar-refractivity contribution >= 4 is 26.7 Å². The van der Waals surface area contributed by atoms with Crippen molar-refractivity contribution in [2.45, 2.75) is 20.0 Å². The Bertz CT molecular complexity index is 1110. The van der Waals surface area contributed by atoms with E-state index in [2.05, 4.69) is 5.32 Å². The Kier molecular flexibility index (Phi) is 7.12. The van der Waals surface area contributed by atoms with E-state index in [0.29, 0.717) is 25.3 Å². The van der Waals surface area contributed by atoms with Gasteiger partial charge in [0, 0.05) is 20.1 Å². The maximum atomic E-state index is 12.2. The van der Waals surface area contributed by atoms with Gasteiger partial charge in [-0.3, -0.25) is 4.79 Å². The molecular formula is C22H26N2O5S. The van der Waals surface area contributed by atoms with Crippen LogP contribution in [0.5, 0.6) is 5.75 Å². The van der Waals surface area contributed by atoms with Crippen molar-refractivity contribution in [3.63, 3.8) is 0 Å². The number of ether oxygens (including phenoxy) is 1. The second-order valence-corrected chi connectivity index (χ2v) is 9.26. The number of rotatable bonds is 10. The van der Waals surface area contributed by atoms with Gasteiger partial charge in [0.2, 0.25) is 10.0 Å². The minimum absolute atomic E-state index is 0.0618. The highest BCUT2D eigenvalue weighted by Gasteiger charge is 2.15. The van der Waals surface area contributed by atoms with Gasteiger partial charge in [0.25, 0.3) is 5.91 Å². The van der Waals surface area contributed by atoms with Crippen LogP contribution in [0.15, 0.2) is 59.0 Å². The fourth-order valence-electron chi connectivity index (χ4n) is 2.94. The van der Waals surface area contributed by atoms with Crippen molar-refractivity contribution in [2.75, 3.05) is 25.9 Å². The minimum Gasteiger partial charge on any atom is -0.486 e. The summed E-state index contributed by atoms with van der Waals surface area (Å²) in [5.74, 6) is 1.19. The fourth-order valence-corrected chi connectivity index (χ4v) is 3.79. The van der Waals surface area contributed by atoms with Gasteiger partial charge in [-0.2, -0.15) is 0 Å². The summed E-state index contributed by atoms with van der Waals surface area (Å²) in [6.07, 6.45) is 0.514. The molecule has 1 N–H and O–H groups in total. The molecule has 0 aliphatic heterocycles. The summed E-state index contributed by atoms with van der Waals surface area (Å²) in [7, 11) is -1.66. The second kappa shape index (κ2) is 9.77. The van der Waals surface area contributed by atoms with Gasteiger partial charge in [0.15, 0.2) is 5.76 Å². The van der Waals surface area contributed by atoms with Crippen LogP contribution >= 0.6 is 0 Å². The average molecular weight is 431 g/mol. The first-order valence-electron chi connectivity index (χ1n) is 9.81. The summed E-state index contributed by atoms with van der Waals surface area (Å²) < 4.78 is 36.0. The van der Waals surface area contributed by atoms with Crippen molar-refractivity contribution in [2.24, 2.45) is 0 Å². The number of furan rings is 1. The largest absolute Gasteiger partial charge is 0.486 e. The normalized spacial score (nSPS) is 11.7. The van der Waals surface area contributed by atoms with E-state index >= 15 is 0 Å². The van der Waals surface area contributed by atoms with Crippen LogP contribution < -0.4 is 10.1 Å². The molecule has 8 heteroatoms. The number of sulfonamides is 1. The van der Waals surface area contributed by atoms with E-state index in [4.69, 9.17) is 9.15 Å². The van der Waals surface area contributed by atoms with Crippen LogP contribution in [0.3, 0.4) is 0 Å². The van der Waals surface area contributed by atoms with Gasteiger partial charge in [-0.1, -0.05) is 30.3 Å². The van der Waals surface area contributed by atoms with Gasteiger partial charge in [-0.25, -0.2) is 12.7 Å². The predicted molar refractivity (Wildman–Crippen MR) is 116 cm³/mol. The topological polar surface area (TPSA) is 88.9 Å². The van der Waals surface area contributed by atoms with Crippen LogP contribution in [-0.2, 0) is 16.6 Å². The van der Waals surface area contributed by atoms with Gasteiger partial charge in [0.05, 0.1) is 5.75 Å². The van der Waals surface area contributed by atoms with Crippen molar-refractivity contribution in [1.82, 2.24) is 9.62 Å². The molecule has 1 heterocycles. The Morgan fingerprint density at radius 1 is 1.10 bits per heavy atom. The molecule has 0 spiro atoms. The summed E-state index contributed by atoms with van der Waals surface area (Å²) in [4.78, 5) is 12.2. The van der Waals surface area contributed by atoms with Crippen LogP contribution in [-0.4, -0.2) is 44.5 Å². The Balaban J connectivity index is 1.46. The molecule has 0 radical (unpaired) electrons. The van der Waals surface area contributed by atoms with Crippen molar-refractivity contribution in [3.8, 4) is 5.75 Å². The lowest BCUT2D eigenvalue weighted by atomic mass is 10.1. The monoisotopic (exact) mass is 430 g/mol. The summed E-state index contributed by atoms with van der Waals surface area (Å²) >= 11 is 0. The zero-order valence-electron chi connectivity index (χ0n) is 17.1. The van der Waals surface area contributed by atoms with Gasteiger partial charge in [0.1, 0.15) is 18.1 Å². The number of amides is 1. The molecular weight excluding hydrogens is 404 g/mol. The molecule has 0 aliphatic carbocycles. The lowest BCUT2D eigenvalue weighted by Gasteiger charge is -2.15. The van der Waals surface area contributed by atoms with Crippen molar-refractivity contribution in [3.05, 3.63) is 66.1 Å². The lowest BCUT2D eigenvalue weighted by Crippen LogP contribution is -2.32. The van der Waals surface area contributed by atoms with Crippen LogP contribution in [0.1, 0.15) is 29.7 Å². The van der Waals surface area contributed by atoms with E-state index in [0.717, 1.165) is 16.5 Å². The molecule has 0 unspecified atom stereocenters. The molecule has 160 valence electrons. The molecule has 1 aromatic heterocycles. The number of nitrogens with zero attached hydrogens (tertiary/aromatic N) is 1. The average Bonchev–Trinajstić information content (AvgIpc) is 3.24. The second-order valence-electron chi connectivity index (χ2n) is 6.90. The fraction of sp³-hybridized carbons (Fsp3) is 0.318. The third kappa shape index (κ3) is 5.61. The molecule has 7 nitrogen and oxygen atoms in total. The standard InChI is InChI=1S/C22H26N2O5S/c1-3-30(26,27)24(2)14-6-13-23-22(25)21-12-11-20(29-21)16-28-19-10-9-17-7-4-5-8-18(17)15-19/h4-5,7-12,15H,3,6,13-14,16H2,1-2H3,(H,23,25). The highest BCUT2D eigenvalue weighted by atomic mass is 32.2. The molecule has 0 atom stereocenters. The van der Waals surface area contributed by atoms with Crippen molar-refractivity contribution < 1.29 is 22.4 Å². The van der Waals surface area contributed by atoms with E-state index in [1.165, 1.54) is 11.4 Å². The van der Waals surface area contributed by atoms with Gasteiger partial charge in [-0.15, -0.1) is 0 Å². The van der Waals surface area contributed by atoms with Crippen molar-refractivity contribution in [1.29, 1.82) is 0 Å². The quantitative estimate of drug-likeness (QED) is 0.498. The zero-order chi connectivity index (χ0) is 21.6. The number of benzene rings is 2. The molecule has 30 heavy (non-hydrogen) atoms. The lowest BCUT2D eigenvalue weighted by molar-refractivity contribution is 0.0921. The molecule has 0 aliphatic rings. The smallest absolute Gasteiger partial charge is 0.286 e. The number of hydrogen-bond acceptors (Lipinski definition) is 5.